The van der Waals surface area contributed by atoms with Crippen molar-refractivity contribution in [2.45, 2.75) is 32.1 Å². The number of ether oxygens (including phenoxy) is 2. The number of hydrogen-bond acceptors (Lipinski definition) is 4. The predicted molar refractivity (Wildman–Crippen MR) is 79.0 cm³/mol. The Morgan fingerprint density at radius 2 is 1.80 bits per heavy atom. The van der Waals surface area contributed by atoms with E-state index >= 15 is 0 Å². The molecule has 1 unspecified atom stereocenters. The normalized spacial score (nSPS) is 12.3. The first-order chi connectivity index (χ1) is 9.38. The molecule has 1 atom stereocenters. The summed E-state index contributed by atoms with van der Waals surface area (Å²) in [7, 11) is 2.95. The molecule has 0 aliphatic carbocycles. The van der Waals surface area contributed by atoms with Crippen LogP contribution in [0.1, 0.15) is 25.8 Å². The number of nitrogens with zero attached hydrogens (tertiary/aromatic N) is 1. The molecular weight excluding hydrogens is 282 g/mol. The van der Waals surface area contributed by atoms with E-state index in [-0.39, 0.29) is 11.1 Å². The van der Waals surface area contributed by atoms with Crippen molar-refractivity contribution in [3.63, 3.8) is 0 Å². The van der Waals surface area contributed by atoms with Crippen LogP contribution in [0.15, 0.2) is 12.1 Å². The molecule has 112 valence electrons. The fraction of sp³-hybridized carbons (Fsp3) is 0.571. The Morgan fingerprint density at radius 3 is 2.25 bits per heavy atom. The van der Waals surface area contributed by atoms with Crippen LogP contribution in [-0.2, 0) is 6.42 Å². The molecule has 1 aromatic carbocycles. The zero-order valence-electron chi connectivity index (χ0n) is 12.2. The molecule has 1 aromatic rings. The van der Waals surface area contributed by atoms with Crippen LogP contribution in [0, 0.1) is 16.0 Å². The van der Waals surface area contributed by atoms with Crippen LogP contribution in [0.2, 0.25) is 0 Å². The molecule has 0 aliphatic heterocycles. The highest BCUT2D eigenvalue weighted by molar-refractivity contribution is 6.20. The molecule has 0 saturated carbocycles. The van der Waals surface area contributed by atoms with Gasteiger partial charge in [0.25, 0.3) is 5.69 Å². The molecule has 0 aliphatic rings. The van der Waals surface area contributed by atoms with Gasteiger partial charge in [0.1, 0.15) is 0 Å². The number of alkyl halides is 1. The monoisotopic (exact) mass is 301 g/mol. The van der Waals surface area contributed by atoms with Gasteiger partial charge in [-0.05, 0) is 24.8 Å². The van der Waals surface area contributed by atoms with Crippen LogP contribution in [0.25, 0.3) is 0 Å². The van der Waals surface area contributed by atoms with E-state index in [1.165, 1.54) is 20.3 Å². The second kappa shape index (κ2) is 7.33. The highest BCUT2D eigenvalue weighted by Gasteiger charge is 2.21. The Kier molecular flexibility index (Phi) is 6.07. The molecule has 20 heavy (non-hydrogen) atoms. The SMILES string of the molecule is COc1cc(CC(Cl)CC(C)C)c([N+](=O)[O-])cc1OC. The molecule has 6 heteroatoms. The van der Waals surface area contributed by atoms with E-state index in [4.69, 9.17) is 21.1 Å². The molecule has 1 rings (SSSR count). The summed E-state index contributed by atoms with van der Waals surface area (Å²) in [6.07, 6.45) is 1.23. The van der Waals surface area contributed by atoms with E-state index in [0.717, 1.165) is 6.42 Å². The number of rotatable bonds is 7. The van der Waals surface area contributed by atoms with Crippen molar-refractivity contribution in [2.75, 3.05) is 14.2 Å². The number of nitro benzene ring substituents is 1. The van der Waals surface area contributed by atoms with Gasteiger partial charge < -0.3 is 9.47 Å². The van der Waals surface area contributed by atoms with Crippen molar-refractivity contribution >= 4 is 17.3 Å². The van der Waals surface area contributed by atoms with Gasteiger partial charge in [-0.3, -0.25) is 10.1 Å². The first-order valence-corrected chi connectivity index (χ1v) is 6.86. The maximum atomic E-state index is 11.2. The summed E-state index contributed by atoms with van der Waals surface area (Å²) >= 11 is 6.26. The van der Waals surface area contributed by atoms with Crippen LogP contribution in [0.4, 0.5) is 5.69 Å². The van der Waals surface area contributed by atoms with Gasteiger partial charge >= 0.3 is 0 Å². The first-order valence-electron chi connectivity index (χ1n) is 6.42. The first kappa shape index (κ1) is 16.6. The predicted octanol–water partition coefficient (Wildman–Crippen LogP) is 3.81. The minimum absolute atomic E-state index is 0.0112. The fourth-order valence-corrected chi connectivity index (χ4v) is 2.60. The highest BCUT2D eigenvalue weighted by atomic mass is 35.5. The lowest BCUT2D eigenvalue weighted by atomic mass is 10.0. The van der Waals surface area contributed by atoms with Crippen molar-refractivity contribution in [3.05, 3.63) is 27.8 Å². The molecule has 0 radical (unpaired) electrons. The van der Waals surface area contributed by atoms with Crippen molar-refractivity contribution in [3.8, 4) is 11.5 Å². The van der Waals surface area contributed by atoms with Gasteiger partial charge in [0.05, 0.1) is 25.2 Å². The van der Waals surface area contributed by atoms with Gasteiger partial charge in [-0.2, -0.15) is 0 Å². The van der Waals surface area contributed by atoms with Gasteiger partial charge in [0.15, 0.2) is 11.5 Å². The Morgan fingerprint density at radius 1 is 1.25 bits per heavy atom. The quantitative estimate of drug-likeness (QED) is 0.436. The third kappa shape index (κ3) is 4.27. The summed E-state index contributed by atoms with van der Waals surface area (Å²) in [6, 6.07) is 3.01. The number of halogens is 1. The number of methoxy groups -OCH3 is 2. The topological polar surface area (TPSA) is 61.6 Å². The summed E-state index contributed by atoms with van der Waals surface area (Å²) in [5.41, 5.74) is 0.574. The Labute approximate surface area is 124 Å². The van der Waals surface area contributed by atoms with Crippen molar-refractivity contribution in [1.29, 1.82) is 0 Å². The van der Waals surface area contributed by atoms with Crippen molar-refractivity contribution in [2.24, 2.45) is 5.92 Å². The van der Waals surface area contributed by atoms with Gasteiger partial charge in [-0.1, -0.05) is 13.8 Å². The van der Waals surface area contributed by atoms with E-state index in [2.05, 4.69) is 13.8 Å². The molecule has 0 heterocycles. The lowest BCUT2D eigenvalue weighted by Gasteiger charge is -2.14. The second-order valence-electron chi connectivity index (χ2n) is 5.02. The zero-order chi connectivity index (χ0) is 15.3. The van der Waals surface area contributed by atoms with Crippen LogP contribution in [0.3, 0.4) is 0 Å². The molecule has 0 amide bonds. The maximum Gasteiger partial charge on any atom is 0.276 e. The molecule has 0 bridgehead atoms. The largest absolute Gasteiger partial charge is 0.493 e. The summed E-state index contributed by atoms with van der Waals surface area (Å²) in [6.45, 7) is 4.14. The number of nitro groups is 1. The fourth-order valence-electron chi connectivity index (χ4n) is 2.08. The van der Waals surface area contributed by atoms with E-state index in [9.17, 15) is 10.1 Å². The smallest absolute Gasteiger partial charge is 0.276 e. The molecule has 0 saturated heterocycles. The maximum absolute atomic E-state index is 11.2. The van der Waals surface area contributed by atoms with E-state index in [1.54, 1.807) is 6.07 Å². The zero-order valence-corrected chi connectivity index (χ0v) is 12.9. The molecule has 5 nitrogen and oxygen atoms in total. The van der Waals surface area contributed by atoms with Gasteiger partial charge in [-0.25, -0.2) is 0 Å². The van der Waals surface area contributed by atoms with E-state index in [0.29, 0.717) is 29.4 Å². The molecule has 0 spiro atoms. The summed E-state index contributed by atoms with van der Waals surface area (Å²) in [4.78, 5) is 10.7. The molecule has 0 fully saturated rings. The lowest BCUT2D eigenvalue weighted by molar-refractivity contribution is -0.385. The van der Waals surface area contributed by atoms with Gasteiger partial charge in [0.2, 0.25) is 0 Å². The Balaban J connectivity index is 3.12. The number of hydrogen-bond donors (Lipinski definition) is 0. The lowest BCUT2D eigenvalue weighted by Crippen LogP contribution is -2.09. The average molecular weight is 302 g/mol. The van der Waals surface area contributed by atoms with Crippen LogP contribution >= 0.6 is 11.6 Å². The summed E-state index contributed by atoms with van der Waals surface area (Å²) in [5.74, 6) is 1.26. The minimum Gasteiger partial charge on any atom is -0.493 e. The third-order valence-corrected chi connectivity index (χ3v) is 3.28. The highest BCUT2D eigenvalue weighted by Crippen LogP contribution is 2.35. The summed E-state index contributed by atoms with van der Waals surface area (Å²) < 4.78 is 10.3. The van der Waals surface area contributed by atoms with Crippen LogP contribution < -0.4 is 9.47 Å². The minimum atomic E-state index is -0.420. The Bertz CT molecular complexity index is 476. The van der Waals surface area contributed by atoms with Gasteiger partial charge in [-0.15, -0.1) is 11.6 Å². The van der Waals surface area contributed by atoms with Crippen LogP contribution in [-0.4, -0.2) is 24.5 Å². The van der Waals surface area contributed by atoms with Crippen molar-refractivity contribution in [1.82, 2.24) is 0 Å². The molecule has 0 N–H and O–H groups in total. The molecular formula is C14H20ClNO4. The second-order valence-corrected chi connectivity index (χ2v) is 5.64. The third-order valence-electron chi connectivity index (χ3n) is 2.95. The van der Waals surface area contributed by atoms with E-state index in [1.807, 2.05) is 0 Å². The standard InChI is InChI=1S/C14H20ClNO4/c1-9(2)5-11(15)6-10-7-13(19-3)14(20-4)8-12(10)16(17)18/h7-9,11H,5-6H2,1-4H3. The van der Waals surface area contributed by atoms with E-state index < -0.39 is 4.92 Å². The average Bonchev–Trinajstić information content (AvgIpc) is 2.36. The number of benzene rings is 1. The van der Waals surface area contributed by atoms with Crippen LogP contribution in [0.5, 0.6) is 11.5 Å². The summed E-state index contributed by atoms with van der Waals surface area (Å²) in [5, 5.41) is 11.0. The van der Waals surface area contributed by atoms with Crippen molar-refractivity contribution < 1.29 is 14.4 Å². The Hall–Kier alpha value is -1.49. The van der Waals surface area contributed by atoms with Gasteiger partial charge in [0, 0.05) is 10.9 Å². The molecule has 0 aromatic heterocycles.